The van der Waals surface area contributed by atoms with Crippen LogP contribution in [0.3, 0.4) is 0 Å². The second kappa shape index (κ2) is 6.08. The first-order chi connectivity index (χ1) is 9.93. The Labute approximate surface area is 123 Å². The maximum atomic E-state index is 12.6. The number of rotatable bonds is 2. The molecule has 0 spiro atoms. The number of aryl methyl sites for hydroxylation is 2. The minimum absolute atomic E-state index is 0.0949. The van der Waals surface area contributed by atoms with E-state index < -0.39 is 11.9 Å². The molecular weight excluding hydrogens is 270 g/mol. The van der Waals surface area contributed by atoms with Crippen molar-refractivity contribution in [1.29, 1.82) is 0 Å². The highest BCUT2D eigenvalue weighted by molar-refractivity contribution is 6.02. The van der Waals surface area contributed by atoms with Gasteiger partial charge in [-0.25, -0.2) is 0 Å². The molecule has 0 saturated carbocycles. The van der Waals surface area contributed by atoms with Gasteiger partial charge >= 0.3 is 5.97 Å². The molecule has 1 aromatic rings. The first kappa shape index (κ1) is 15.2. The van der Waals surface area contributed by atoms with E-state index in [1.54, 1.807) is 11.0 Å². The number of amides is 1. The summed E-state index contributed by atoms with van der Waals surface area (Å²) in [5, 5.41) is 0. The first-order valence-corrected chi connectivity index (χ1v) is 6.91. The second-order valence-corrected chi connectivity index (χ2v) is 5.36. The molecule has 21 heavy (non-hydrogen) atoms. The van der Waals surface area contributed by atoms with E-state index in [9.17, 15) is 14.4 Å². The van der Waals surface area contributed by atoms with Crippen molar-refractivity contribution in [3.8, 4) is 0 Å². The number of ether oxygens (including phenoxy) is 1. The Bertz CT molecular complexity index is 586. The first-order valence-electron chi connectivity index (χ1n) is 6.91. The van der Waals surface area contributed by atoms with Gasteiger partial charge in [0, 0.05) is 25.1 Å². The lowest BCUT2D eigenvalue weighted by Crippen LogP contribution is -2.47. The van der Waals surface area contributed by atoms with Gasteiger partial charge in [0.1, 0.15) is 5.92 Å². The van der Waals surface area contributed by atoms with E-state index in [1.165, 1.54) is 7.11 Å². The predicted octanol–water partition coefficient (Wildman–Crippen LogP) is 1.51. The Morgan fingerprint density at radius 2 is 2.00 bits per heavy atom. The van der Waals surface area contributed by atoms with Gasteiger partial charge in [-0.15, -0.1) is 0 Å². The average molecular weight is 289 g/mol. The van der Waals surface area contributed by atoms with Crippen LogP contribution in [-0.2, 0) is 14.3 Å². The van der Waals surface area contributed by atoms with Gasteiger partial charge in [0.05, 0.1) is 7.11 Å². The van der Waals surface area contributed by atoms with Crippen LogP contribution in [0.25, 0.3) is 0 Å². The van der Waals surface area contributed by atoms with Crippen LogP contribution in [0.15, 0.2) is 18.2 Å². The molecule has 0 radical (unpaired) electrons. The highest BCUT2D eigenvalue weighted by Crippen LogP contribution is 2.19. The number of hydrogen-bond donors (Lipinski definition) is 0. The lowest BCUT2D eigenvalue weighted by atomic mass is 9.95. The number of nitrogens with zero attached hydrogens (tertiary/aromatic N) is 1. The minimum Gasteiger partial charge on any atom is -0.468 e. The topological polar surface area (TPSA) is 63.7 Å². The Hall–Kier alpha value is -2.17. The zero-order valence-electron chi connectivity index (χ0n) is 12.5. The molecule has 1 aromatic carbocycles. The summed E-state index contributed by atoms with van der Waals surface area (Å²) in [6, 6.07) is 5.61. The summed E-state index contributed by atoms with van der Waals surface area (Å²) in [5.74, 6) is -1.74. The Morgan fingerprint density at radius 3 is 2.62 bits per heavy atom. The van der Waals surface area contributed by atoms with Crippen molar-refractivity contribution in [3.05, 3.63) is 34.9 Å². The molecule has 1 unspecified atom stereocenters. The fourth-order valence-corrected chi connectivity index (χ4v) is 2.59. The maximum Gasteiger partial charge on any atom is 0.318 e. The maximum absolute atomic E-state index is 12.6. The molecule has 0 aromatic heterocycles. The van der Waals surface area contributed by atoms with Crippen LogP contribution in [0.4, 0.5) is 0 Å². The van der Waals surface area contributed by atoms with E-state index in [0.717, 1.165) is 11.1 Å². The Balaban J connectivity index is 2.19. The lowest BCUT2D eigenvalue weighted by molar-refractivity contribution is -0.151. The number of carbonyl (C=O) groups is 3. The molecule has 1 aliphatic rings. The average Bonchev–Trinajstić information content (AvgIpc) is 2.46. The number of ketones is 1. The number of likely N-dealkylation sites (tertiary alicyclic amines) is 1. The van der Waals surface area contributed by atoms with Crippen molar-refractivity contribution >= 4 is 17.7 Å². The van der Waals surface area contributed by atoms with Crippen LogP contribution in [0.1, 0.15) is 27.9 Å². The summed E-state index contributed by atoms with van der Waals surface area (Å²) in [7, 11) is 1.25. The third kappa shape index (κ3) is 3.12. The predicted molar refractivity (Wildman–Crippen MR) is 76.9 cm³/mol. The molecule has 0 N–H and O–H groups in total. The molecule has 0 bridgehead atoms. The van der Waals surface area contributed by atoms with E-state index in [2.05, 4.69) is 4.74 Å². The van der Waals surface area contributed by atoms with Crippen LogP contribution in [-0.4, -0.2) is 42.8 Å². The fourth-order valence-electron chi connectivity index (χ4n) is 2.59. The van der Waals surface area contributed by atoms with Gasteiger partial charge in [-0.2, -0.15) is 0 Å². The number of methoxy groups -OCH3 is 1. The van der Waals surface area contributed by atoms with E-state index in [-0.39, 0.29) is 24.7 Å². The largest absolute Gasteiger partial charge is 0.468 e. The Morgan fingerprint density at radius 1 is 1.29 bits per heavy atom. The van der Waals surface area contributed by atoms with E-state index in [4.69, 9.17) is 0 Å². The van der Waals surface area contributed by atoms with Gasteiger partial charge in [0.15, 0.2) is 5.78 Å². The van der Waals surface area contributed by atoms with Crippen molar-refractivity contribution in [2.75, 3.05) is 20.2 Å². The number of carbonyl (C=O) groups excluding carboxylic acids is 3. The van der Waals surface area contributed by atoms with Crippen molar-refractivity contribution in [2.45, 2.75) is 20.3 Å². The number of benzene rings is 1. The number of piperidine rings is 1. The number of esters is 1. The lowest BCUT2D eigenvalue weighted by Gasteiger charge is -2.30. The van der Waals surface area contributed by atoms with Crippen LogP contribution < -0.4 is 0 Å². The molecule has 112 valence electrons. The van der Waals surface area contributed by atoms with Crippen molar-refractivity contribution < 1.29 is 19.1 Å². The standard InChI is InChI=1S/C16H19NO4/c1-10-4-5-12(11(2)8-10)15(19)17-7-6-14(18)13(9-17)16(20)21-3/h4-5,8,13H,6-7,9H2,1-3H3. The summed E-state index contributed by atoms with van der Waals surface area (Å²) in [6.07, 6.45) is 0.191. The molecule has 0 aliphatic carbocycles. The van der Waals surface area contributed by atoms with Crippen molar-refractivity contribution in [2.24, 2.45) is 5.92 Å². The smallest absolute Gasteiger partial charge is 0.318 e. The van der Waals surface area contributed by atoms with Gasteiger partial charge in [0.2, 0.25) is 0 Å². The van der Waals surface area contributed by atoms with Crippen LogP contribution in [0.5, 0.6) is 0 Å². The minimum atomic E-state index is -0.863. The zero-order valence-corrected chi connectivity index (χ0v) is 12.5. The highest BCUT2D eigenvalue weighted by Gasteiger charge is 2.35. The molecule has 1 amide bonds. The normalized spacial score (nSPS) is 18.5. The van der Waals surface area contributed by atoms with Gasteiger partial charge in [0.25, 0.3) is 5.91 Å². The van der Waals surface area contributed by atoms with Crippen molar-refractivity contribution in [3.63, 3.8) is 0 Å². The zero-order chi connectivity index (χ0) is 15.6. The molecule has 5 nitrogen and oxygen atoms in total. The Kier molecular flexibility index (Phi) is 4.40. The second-order valence-electron chi connectivity index (χ2n) is 5.36. The molecule has 1 aliphatic heterocycles. The third-order valence-electron chi connectivity index (χ3n) is 3.80. The summed E-state index contributed by atoms with van der Waals surface area (Å²) in [5.41, 5.74) is 2.59. The SMILES string of the molecule is COC(=O)C1CN(C(=O)c2ccc(C)cc2C)CCC1=O. The molecule has 1 heterocycles. The van der Waals surface area contributed by atoms with Crippen molar-refractivity contribution in [1.82, 2.24) is 4.90 Å². The van der Waals surface area contributed by atoms with Gasteiger partial charge in [-0.3, -0.25) is 14.4 Å². The van der Waals surface area contributed by atoms with E-state index in [0.29, 0.717) is 12.1 Å². The van der Waals surface area contributed by atoms with Crippen LogP contribution in [0, 0.1) is 19.8 Å². The fraction of sp³-hybridized carbons (Fsp3) is 0.438. The summed E-state index contributed by atoms with van der Waals surface area (Å²) < 4.78 is 4.64. The van der Waals surface area contributed by atoms with E-state index in [1.807, 2.05) is 26.0 Å². The number of hydrogen-bond acceptors (Lipinski definition) is 4. The van der Waals surface area contributed by atoms with Gasteiger partial charge in [-0.1, -0.05) is 17.7 Å². The summed E-state index contributed by atoms with van der Waals surface area (Å²) >= 11 is 0. The molecular formula is C16H19NO4. The van der Waals surface area contributed by atoms with Gasteiger partial charge in [-0.05, 0) is 25.5 Å². The molecule has 2 rings (SSSR count). The molecule has 1 fully saturated rings. The number of Topliss-reactive ketones (excluding diaryl/α,β-unsaturated/α-hetero) is 1. The molecule has 1 atom stereocenters. The third-order valence-corrected chi connectivity index (χ3v) is 3.80. The highest BCUT2D eigenvalue weighted by atomic mass is 16.5. The summed E-state index contributed by atoms with van der Waals surface area (Å²) in [6.45, 7) is 4.29. The van der Waals surface area contributed by atoms with Crippen LogP contribution >= 0.6 is 0 Å². The van der Waals surface area contributed by atoms with Crippen LogP contribution in [0.2, 0.25) is 0 Å². The molecule has 1 saturated heterocycles. The van der Waals surface area contributed by atoms with Gasteiger partial charge < -0.3 is 9.64 Å². The summed E-state index contributed by atoms with van der Waals surface area (Å²) in [4.78, 5) is 37.5. The monoisotopic (exact) mass is 289 g/mol. The quantitative estimate of drug-likeness (QED) is 0.611. The van der Waals surface area contributed by atoms with E-state index >= 15 is 0 Å². The molecule has 5 heteroatoms.